The van der Waals surface area contributed by atoms with Gasteiger partial charge in [-0.2, -0.15) is 0 Å². The summed E-state index contributed by atoms with van der Waals surface area (Å²) in [6.07, 6.45) is 0.870. The fourth-order valence-electron chi connectivity index (χ4n) is 4.50. The van der Waals surface area contributed by atoms with Gasteiger partial charge >= 0.3 is 5.97 Å². The number of anilines is 1. The van der Waals surface area contributed by atoms with E-state index in [2.05, 4.69) is 21.2 Å². The number of alkyl halides is 1. The number of hydrogen-bond acceptors (Lipinski definition) is 3. The standard InChI is InChI=1S/C17H18BrNO3/c1-7-3-4-11(8(2)5-7)19-16(20)12-9-6-10-13(12)17(21)22-15(10)14(9)18/h3-5,9-10,12-15H,6H2,1-2H3,(H,19,20)/t9-,10-,12-,13+,14-,15+/m1/s1. The quantitative estimate of drug-likeness (QED) is 0.649. The van der Waals surface area contributed by atoms with Gasteiger partial charge in [0, 0.05) is 11.6 Å². The first-order valence-corrected chi connectivity index (χ1v) is 8.61. The van der Waals surface area contributed by atoms with Crippen LogP contribution in [-0.2, 0) is 14.3 Å². The number of carbonyl (C=O) groups is 2. The molecule has 5 heteroatoms. The van der Waals surface area contributed by atoms with E-state index in [1.807, 2.05) is 32.0 Å². The first-order valence-electron chi connectivity index (χ1n) is 7.70. The molecular weight excluding hydrogens is 346 g/mol. The summed E-state index contributed by atoms with van der Waals surface area (Å²) < 4.78 is 5.46. The molecule has 1 aromatic carbocycles. The van der Waals surface area contributed by atoms with Crippen LogP contribution in [0, 0.1) is 37.5 Å². The maximum absolute atomic E-state index is 12.8. The van der Waals surface area contributed by atoms with Crippen molar-refractivity contribution >= 4 is 33.5 Å². The summed E-state index contributed by atoms with van der Waals surface area (Å²) in [5.41, 5.74) is 3.03. The van der Waals surface area contributed by atoms with E-state index in [0.717, 1.165) is 23.2 Å². The molecule has 3 fully saturated rings. The Morgan fingerprint density at radius 1 is 1.32 bits per heavy atom. The zero-order valence-electron chi connectivity index (χ0n) is 12.5. The van der Waals surface area contributed by atoms with Crippen molar-refractivity contribution in [2.45, 2.75) is 31.2 Å². The third-order valence-corrected chi connectivity index (χ3v) is 6.67. The highest BCUT2D eigenvalue weighted by Gasteiger charge is 2.67. The van der Waals surface area contributed by atoms with Gasteiger partial charge in [-0.1, -0.05) is 33.6 Å². The third kappa shape index (κ3) is 1.87. The highest BCUT2D eigenvalue weighted by atomic mass is 79.9. The minimum absolute atomic E-state index is 0.0346. The Morgan fingerprint density at radius 2 is 2.09 bits per heavy atom. The molecule has 2 aliphatic carbocycles. The van der Waals surface area contributed by atoms with E-state index >= 15 is 0 Å². The Balaban J connectivity index is 1.59. The SMILES string of the molecule is Cc1ccc(NC(=O)[C@@H]2[C@H]3C[C@H]4[C@H](OC(=O)[C@@H]42)[C@@H]3Br)c(C)c1. The highest BCUT2D eigenvalue weighted by molar-refractivity contribution is 9.09. The van der Waals surface area contributed by atoms with Crippen LogP contribution in [-0.4, -0.2) is 22.8 Å². The number of amides is 1. The Morgan fingerprint density at radius 3 is 2.82 bits per heavy atom. The molecule has 1 N–H and O–H groups in total. The lowest BCUT2D eigenvalue weighted by molar-refractivity contribution is -0.145. The van der Waals surface area contributed by atoms with Crippen LogP contribution in [0.25, 0.3) is 0 Å². The van der Waals surface area contributed by atoms with Crippen LogP contribution < -0.4 is 5.32 Å². The maximum Gasteiger partial charge on any atom is 0.310 e. The topological polar surface area (TPSA) is 55.4 Å². The van der Waals surface area contributed by atoms with Crippen molar-refractivity contribution < 1.29 is 14.3 Å². The summed E-state index contributed by atoms with van der Waals surface area (Å²) in [4.78, 5) is 25.0. The van der Waals surface area contributed by atoms with Crippen molar-refractivity contribution in [1.82, 2.24) is 0 Å². The summed E-state index contributed by atoms with van der Waals surface area (Å²) in [7, 11) is 0. The molecule has 1 saturated heterocycles. The molecule has 22 heavy (non-hydrogen) atoms. The molecule has 1 aromatic rings. The number of hydrogen-bond donors (Lipinski definition) is 1. The van der Waals surface area contributed by atoms with Gasteiger partial charge in [-0.05, 0) is 37.8 Å². The van der Waals surface area contributed by atoms with Crippen molar-refractivity contribution in [3.8, 4) is 0 Å². The monoisotopic (exact) mass is 363 g/mol. The van der Waals surface area contributed by atoms with Crippen LogP contribution in [0.5, 0.6) is 0 Å². The van der Waals surface area contributed by atoms with Crippen molar-refractivity contribution in [2.24, 2.45) is 23.7 Å². The van der Waals surface area contributed by atoms with E-state index in [1.165, 1.54) is 0 Å². The predicted octanol–water partition coefficient (Wildman–Crippen LogP) is 2.81. The molecule has 0 spiro atoms. The molecule has 2 bridgehead atoms. The maximum atomic E-state index is 12.8. The molecule has 116 valence electrons. The number of ether oxygens (including phenoxy) is 1. The largest absolute Gasteiger partial charge is 0.461 e. The lowest BCUT2D eigenvalue weighted by Crippen LogP contribution is -2.40. The number of halogens is 1. The van der Waals surface area contributed by atoms with Gasteiger partial charge in [0.05, 0.1) is 16.7 Å². The molecule has 1 aliphatic heterocycles. The summed E-state index contributed by atoms with van der Waals surface area (Å²) in [5.74, 6) is -0.378. The Kier molecular flexibility index (Phi) is 3.12. The molecule has 4 rings (SSSR count). The lowest BCUT2D eigenvalue weighted by atomic mass is 9.79. The molecule has 4 nitrogen and oxygen atoms in total. The number of nitrogens with one attached hydrogen (secondary N) is 1. The second kappa shape index (κ2) is 4.82. The smallest absolute Gasteiger partial charge is 0.310 e. The molecule has 0 aromatic heterocycles. The average molecular weight is 364 g/mol. The van der Waals surface area contributed by atoms with Crippen LogP contribution in [0.3, 0.4) is 0 Å². The fraction of sp³-hybridized carbons (Fsp3) is 0.529. The van der Waals surface area contributed by atoms with Crippen molar-refractivity contribution in [1.29, 1.82) is 0 Å². The van der Waals surface area contributed by atoms with E-state index in [0.29, 0.717) is 0 Å². The second-order valence-electron chi connectivity index (χ2n) is 6.77. The summed E-state index contributed by atoms with van der Waals surface area (Å²) in [6, 6.07) is 5.96. The van der Waals surface area contributed by atoms with Gasteiger partial charge in [-0.25, -0.2) is 0 Å². The molecule has 2 saturated carbocycles. The van der Waals surface area contributed by atoms with Crippen LogP contribution in [0.1, 0.15) is 17.5 Å². The summed E-state index contributed by atoms with van der Waals surface area (Å²) in [6.45, 7) is 4.01. The first-order chi connectivity index (χ1) is 10.5. The normalized spacial score (nSPS) is 38.2. The van der Waals surface area contributed by atoms with Gasteiger partial charge in [-0.3, -0.25) is 9.59 Å². The molecule has 3 aliphatic rings. The molecule has 6 atom stereocenters. The Labute approximate surface area is 137 Å². The molecular formula is C17H18BrNO3. The number of carbonyl (C=O) groups excluding carboxylic acids is 2. The van der Waals surface area contributed by atoms with Gasteiger partial charge < -0.3 is 10.1 Å². The zero-order valence-corrected chi connectivity index (χ0v) is 14.1. The van der Waals surface area contributed by atoms with E-state index in [1.54, 1.807) is 0 Å². The molecule has 0 unspecified atom stereocenters. The number of aryl methyl sites for hydroxylation is 2. The van der Waals surface area contributed by atoms with E-state index < -0.39 is 0 Å². The average Bonchev–Trinajstić information content (AvgIpc) is 3.06. The molecule has 1 heterocycles. The van der Waals surface area contributed by atoms with Gasteiger partial charge in [-0.15, -0.1) is 0 Å². The third-order valence-electron chi connectivity index (χ3n) is 5.47. The minimum atomic E-state index is -0.277. The molecule has 1 amide bonds. The zero-order chi connectivity index (χ0) is 15.6. The number of rotatable bonds is 2. The van der Waals surface area contributed by atoms with Gasteiger partial charge in [0.15, 0.2) is 0 Å². The predicted molar refractivity (Wildman–Crippen MR) is 85.7 cm³/mol. The first kappa shape index (κ1) is 14.2. The van der Waals surface area contributed by atoms with Gasteiger partial charge in [0.25, 0.3) is 0 Å². The summed E-state index contributed by atoms with van der Waals surface area (Å²) >= 11 is 3.64. The van der Waals surface area contributed by atoms with Gasteiger partial charge in [0.2, 0.25) is 5.91 Å². The number of benzene rings is 1. The molecule has 0 radical (unpaired) electrons. The van der Waals surface area contributed by atoms with E-state index in [-0.39, 0.29) is 46.5 Å². The second-order valence-corrected chi connectivity index (χ2v) is 7.83. The lowest BCUT2D eigenvalue weighted by Gasteiger charge is -2.27. The van der Waals surface area contributed by atoms with E-state index in [9.17, 15) is 9.59 Å². The number of esters is 1. The van der Waals surface area contributed by atoms with Crippen molar-refractivity contribution in [3.63, 3.8) is 0 Å². The highest BCUT2D eigenvalue weighted by Crippen LogP contribution is 2.60. The van der Waals surface area contributed by atoms with Crippen LogP contribution in [0.4, 0.5) is 5.69 Å². The van der Waals surface area contributed by atoms with E-state index in [4.69, 9.17) is 4.74 Å². The Bertz CT molecular complexity index is 674. The minimum Gasteiger partial charge on any atom is -0.461 e. The fourth-order valence-corrected chi connectivity index (χ4v) is 5.54. The van der Waals surface area contributed by atoms with Crippen LogP contribution in [0.2, 0.25) is 0 Å². The Hall–Kier alpha value is -1.36. The van der Waals surface area contributed by atoms with Gasteiger partial charge in [0.1, 0.15) is 6.10 Å². The van der Waals surface area contributed by atoms with Crippen LogP contribution in [0.15, 0.2) is 18.2 Å². The van der Waals surface area contributed by atoms with Crippen molar-refractivity contribution in [2.75, 3.05) is 5.32 Å². The van der Waals surface area contributed by atoms with Crippen LogP contribution >= 0.6 is 15.9 Å². The van der Waals surface area contributed by atoms with Crippen molar-refractivity contribution in [3.05, 3.63) is 29.3 Å². The number of fused-ring (bicyclic) bond motifs is 1. The summed E-state index contributed by atoms with van der Waals surface area (Å²) in [5, 5.41) is 3.02.